The predicted molar refractivity (Wildman–Crippen MR) is 58.1 cm³/mol. The Morgan fingerprint density at radius 1 is 1.56 bits per heavy atom. The highest BCUT2D eigenvalue weighted by molar-refractivity contribution is 6.01. The van der Waals surface area contributed by atoms with Crippen LogP contribution in [0.1, 0.15) is 30.3 Å². The molecule has 6 N–H and O–H groups in total. The van der Waals surface area contributed by atoms with Gasteiger partial charge >= 0.3 is 0 Å². The van der Waals surface area contributed by atoms with Crippen molar-refractivity contribution in [3.05, 3.63) is 18.0 Å². The molecule has 88 valence electrons. The molecule has 0 spiro atoms. The largest absolute Gasteiger partial charge is 0.325 e. The number of nitrogens with zero attached hydrogens (tertiary/aromatic N) is 3. The van der Waals surface area contributed by atoms with E-state index in [4.69, 9.17) is 17.2 Å². The SMILES string of the molecule is CCCC(N)C(N)(N)C(=O)c1ccnnn1. The maximum absolute atomic E-state index is 11.9. The summed E-state index contributed by atoms with van der Waals surface area (Å²) in [5, 5.41) is 10.4. The Balaban J connectivity index is 2.88. The van der Waals surface area contributed by atoms with Crippen molar-refractivity contribution < 1.29 is 4.79 Å². The molecule has 1 unspecified atom stereocenters. The third kappa shape index (κ3) is 2.57. The standard InChI is InChI=1S/C9H16N6O/c1-2-3-7(10)9(11,12)8(16)6-4-5-13-15-14-6/h4-5,7H,2-3,10-12H2,1H3. The fourth-order valence-electron chi connectivity index (χ4n) is 1.30. The van der Waals surface area contributed by atoms with Gasteiger partial charge in [0.2, 0.25) is 5.78 Å². The number of ketones is 1. The van der Waals surface area contributed by atoms with Crippen molar-refractivity contribution in [1.29, 1.82) is 0 Å². The van der Waals surface area contributed by atoms with Crippen LogP contribution in [0.15, 0.2) is 12.3 Å². The normalized spacial score (nSPS) is 13.5. The van der Waals surface area contributed by atoms with Gasteiger partial charge in [-0.1, -0.05) is 13.3 Å². The van der Waals surface area contributed by atoms with Crippen molar-refractivity contribution in [1.82, 2.24) is 15.4 Å². The molecule has 1 aromatic rings. The summed E-state index contributed by atoms with van der Waals surface area (Å²) in [5.74, 6) is -0.525. The second-order valence-electron chi connectivity index (χ2n) is 3.66. The third-order valence-electron chi connectivity index (χ3n) is 2.34. The molecule has 16 heavy (non-hydrogen) atoms. The summed E-state index contributed by atoms with van der Waals surface area (Å²) in [7, 11) is 0. The van der Waals surface area contributed by atoms with Gasteiger partial charge in [-0.2, -0.15) is 0 Å². The van der Waals surface area contributed by atoms with Gasteiger partial charge in [0.1, 0.15) is 11.4 Å². The smallest absolute Gasteiger partial charge is 0.218 e. The fraction of sp³-hybridized carbons (Fsp3) is 0.556. The van der Waals surface area contributed by atoms with Crippen LogP contribution in [-0.4, -0.2) is 32.9 Å². The van der Waals surface area contributed by atoms with Crippen LogP contribution in [-0.2, 0) is 0 Å². The molecule has 7 heteroatoms. The number of nitrogens with two attached hydrogens (primary N) is 3. The Kier molecular flexibility index (Phi) is 3.99. The van der Waals surface area contributed by atoms with Crippen LogP contribution in [0.25, 0.3) is 0 Å². The lowest BCUT2D eigenvalue weighted by atomic mass is 9.92. The van der Waals surface area contributed by atoms with Gasteiger partial charge < -0.3 is 17.2 Å². The predicted octanol–water partition coefficient (Wildman–Crippen LogP) is -1.20. The Labute approximate surface area is 93.4 Å². The van der Waals surface area contributed by atoms with Crippen molar-refractivity contribution in [2.45, 2.75) is 31.5 Å². The molecule has 0 aliphatic carbocycles. The van der Waals surface area contributed by atoms with Gasteiger partial charge in [0, 0.05) is 6.04 Å². The van der Waals surface area contributed by atoms with Gasteiger partial charge in [-0.25, -0.2) is 0 Å². The van der Waals surface area contributed by atoms with Gasteiger partial charge in [0.25, 0.3) is 0 Å². The first-order valence-corrected chi connectivity index (χ1v) is 5.02. The highest BCUT2D eigenvalue weighted by Gasteiger charge is 2.37. The van der Waals surface area contributed by atoms with Crippen molar-refractivity contribution in [3.8, 4) is 0 Å². The van der Waals surface area contributed by atoms with Gasteiger partial charge in [-0.15, -0.1) is 10.2 Å². The number of rotatable bonds is 5. The summed E-state index contributed by atoms with van der Waals surface area (Å²) in [5.41, 5.74) is 15.7. The van der Waals surface area contributed by atoms with Crippen molar-refractivity contribution in [2.75, 3.05) is 0 Å². The average molecular weight is 224 g/mol. The lowest BCUT2D eigenvalue weighted by molar-refractivity contribution is 0.0857. The average Bonchev–Trinajstić information content (AvgIpc) is 2.29. The van der Waals surface area contributed by atoms with Gasteiger partial charge in [-0.3, -0.25) is 4.79 Å². The molecule has 0 fully saturated rings. The molecule has 0 aromatic carbocycles. The Morgan fingerprint density at radius 3 is 2.75 bits per heavy atom. The number of hydrogen-bond acceptors (Lipinski definition) is 7. The highest BCUT2D eigenvalue weighted by Crippen LogP contribution is 2.10. The minimum Gasteiger partial charge on any atom is -0.325 e. The molecule has 1 aromatic heterocycles. The van der Waals surface area contributed by atoms with Crippen LogP contribution in [0.4, 0.5) is 0 Å². The molecular weight excluding hydrogens is 208 g/mol. The molecule has 1 heterocycles. The first kappa shape index (κ1) is 12.6. The zero-order chi connectivity index (χ0) is 12.2. The molecule has 0 saturated carbocycles. The van der Waals surface area contributed by atoms with E-state index in [1.165, 1.54) is 12.3 Å². The van der Waals surface area contributed by atoms with E-state index in [2.05, 4.69) is 15.4 Å². The van der Waals surface area contributed by atoms with E-state index in [1.807, 2.05) is 6.92 Å². The summed E-state index contributed by atoms with van der Waals surface area (Å²) >= 11 is 0. The molecule has 0 aliphatic rings. The third-order valence-corrected chi connectivity index (χ3v) is 2.34. The van der Waals surface area contributed by atoms with E-state index in [-0.39, 0.29) is 5.69 Å². The first-order chi connectivity index (χ1) is 7.50. The fourth-order valence-corrected chi connectivity index (χ4v) is 1.30. The van der Waals surface area contributed by atoms with Gasteiger partial charge in [0.15, 0.2) is 0 Å². The molecule has 0 radical (unpaired) electrons. The Bertz CT molecular complexity index is 352. The molecule has 7 nitrogen and oxygen atoms in total. The molecular formula is C9H16N6O. The summed E-state index contributed by atoms with van der Waals surface area (Å²) in [4.78, 5) is 11.9. The summed E-state index contributed by atoms with van der Waals surface area (Å²) in [6.45, 7) is 1.94. The highest BCUT2D eigenvalue weighted by atomic mass is 16.1. The van der Waals surface area contributed by atoms with Crippen molar-refractivity contribution in [2.24, 2.45) is 17.2 Å². The number of aromatic nitrogens is 3. The molecule has 0 amide bonds. The minimum atomic E-state index is -1.62. The van der Waals surface area contributed by atoms with E-state index in [9.17, 15) is 4.79 Å². The number of Topliss-reactive ketones (excluding diaryl/α,β-unsaturated/α-hetero) is 1. The molecule has 0 bridgehead atoms. The van der Waals surface area contributed by atoms with E-state index in [0.29, 0.717) is 6.42 Å². The number of carbonyl (C=O) groups excluding carboxylic acids is 1. The lowest BCUT2D eigenvalue weighted by Crippen LogP contribution is -2.67. The molecule has 0 saturated heterocycles. The summed E-state index contributed by atoms with van der Waals surface area (Å²) in [6, 6.07) is 0.794. The van der Waals surface area contributed by atoms with Crippen LogP contribution in [0.5, 0.6) is 0 Å². The van der Waals surface area contributed by atoms with Gasteiger partial charge in [-0.05, 0) is 17.7 Å². The van der Waals surface area contributed by atoms with Crippen LogP contribution in [0.3, 0.4) is 0 Å². The second-order valence-corrected chi connectivity index (χ2v) is 3.66. The van der Waals surface area contributed by atoms with E-state index < -0.39 is 17.5 Å². The second kappa shape index (κ2) is 5.06. The van der Waals surface area contributed by atoms with Crippen molar-refractivity contribution in [3.63, 3.8) is 0 Å². The summed E-state index contributed by atoms with van der Waals surface area (Å²) in [6.07, 6.45) is 2.71. The number of hydrogen-bond donors (Lipinski definition) is 3. The first-order valence-electron chi connectivity index (χ1n) is 5.02. The molecule has 0 aliphatic heterocycles. The summed E-state index contributed by atoms with van der Waals surface area (Å²) < 4.78 is 0. The number of carbonyl (C=O) groups is 1. The quantitative estimate of drug-likeness (QED) is 0.422. The monoisotopic (exact) mass is 224 g/mol. The lowest BCUT2D eigenvalue weighted by Gasteiger charge is -2.28. The zero-order valence-corrected chi connectivity index (χ0v) is 9.13. The van der Waals surface area contributed by atoms with Crippen LogP contribution < -0.4 is 17.2 Å². The van der Waals surface area contributed by atoms with Crippen LogP contribution in [0.2, 0.25) is 0 Å². The van der Waals surface area contributed by atoms with Crippen LogP contribution >= 0.6 is 0 Å². The maximum atomic E-state index is 11.9. The van der Waals surface area contributed by atoms with E-state index in [1.54, 1.807) is 0 Å². The van der Waals surface area contributed by atoms with Gasteiger partial charge in [0.05, 0.1) is 6.20 Å². The molecule has 1 rings (SSSR count). The van der Waals surface area contributed by atoms with E-state index in [0.717, 1.165) is 6.42 Å². The topological polar surface area (TPSA) is 134 Å². The zero-order valence-electron chi connectivity index (χ0n) is 9.13. The maximum Gasteiger partial charge on any atom is 0.218 e. The Morgan fingerprint density at radius 2 is 2.25 bits per heavy atom. The van der Waals surface area contributed by atoms with Crippen molar-refractivity contribution >= 4 is 5.78 Å². The molecule has 1 atom stereocenters. The van der Waals surface area contributed by atoms with Crippen LogP contribution in [0, 0.1) is 0 Å². The minimum absolute atomic E-state index is 0.0755. The van der Waals surface area contributed by atoms with E-state index >= 15 is 0 Å². The Hall–Kier alpha value is -1.44.